The quantitative estimate of drug-likeness (QED) is 0.787. The molecule has 1 aliphatic rings. The molecule has 0 saturated carbocycles. The van der Waals surface area contributed by atoms with Crippen molar-refractivity contribution in [3.8, 4) is 0 Å². The second-order valence-electron chi connectivity index (χ2n) is 6.28. The molecular weight excluding hydrogens is 369 g/mol. The van der Waals surface area contributed by atoms with Crippen molar-refractivity contribution in [3.05, 3.63) is 65.5 Å². The van der Waals surface area contributed by atoms with Crippen LogP contribution in [0.1, 0.15) is 18.1 Å². The Morgan fingerprint density at radius 2 is 1.89 bits per heavy atom. The molecule has 0 N–H and O–H groups in total. The van der Waals surface area contributed by atoms with E-state index in [1.165, 1.54) is 23.1 Å². The van der Waals surface area contributed by atoms with E-state index in [1.54, 1.807) is 42.3 Å². The number of likely N-dealkylation sites (N-methyl/N-ethyl adjacent to an activating group) is 2. The zero-order chi connectivity index (χ0) is 19.6. The number of carbonyl (C=O) groups excluding carboxylic acids is 1. The average Bonchev–Trinajstić information content (AvgIpc) is 2.91. The first-order valence-electron chi connectivity index (χ1n) is 8.49. The van der Waals surface area contributed by atoms with Crippen LogP contribution >= 0.6 is 0 Å². The second kappa shape index (κ2) is 7.48. The van der Waals surface area contributed by atoms with Crippen LogP contribution in [0.5, 0.6) is 0 Å². The minimum Gasteiger partial charge on any atom is -0.349 e. The molecule has 0 unspecified atom stereocenters. The maximum absolute atomic E-state index is 13.4. The van der Waals surface area contributed by atoms with Gasteiger partial charge in [-0.05, 0) is 36.8 Å². The highest BCUT2D eigenvalue weighted by Gasteiger charge is 2.31. The van der Waals surface area contributed by atoms with Gasteiger partial charge in [-0.3, -0.25) is 4.79 Å². The van der Waals surface area contributed by atoms with E-state index in [-0.39, 0.29) is 35.5 Å². The first-order chi connectivity index (χ1) is 12.8. The van der Waals surface area contributed by atoms with Crippen LogP contribution in [0.4, 0.5) is 4.39 Å². The summed E-state index contributed by atoms with van der Waals surface area (Å²) in [6.07, 6.45) is 0. The molecule has 27 heavy (non-hydrogen) atoms. The highest BCUT2D eigenvalue weighted by Crippen LogP contribution is 2.26. The summed E-state index contributed by atoms with van der Waals surface area (Å²) in [5, 5.41) is 0. The fourth-order valence-electron chi connectivity index (χ4n) is 2.97. The number of sulfonamides is 1. The van der Waals surface area contributed by atoms with Crippen molar-refractivity contribution in [1.29, 1.82) is 0 Å². The number of amidine groups is 1. The Morgan fingerprint density at radius 1 is 1.15 bits per heavy atom. The SMILES string of the molecule is CCN(Cc1cccc(F)c1)C(=O)CN(C)C1=NS(=O)(=O)c2ccccc21. The van der Waals surface area contributed by atoms with Crippen LogP contribution in [0.2, 0.25) is 0 Å². The molecule has 0 spiro atoms. The highest BCUT2D eigenvalue weighted by molar-refractivity contribution is 7.90. The van der Waals surface area contributed by atoms with Crippen LogP contribution in [-0.2, 0) is 21.4 Å². The Balaban J connectivity index is 1.75. The fourth-order valence-corrected chi connectivity index (χ4v) is 4.23. The largest absolute Gasteiger partial charge is 0.349 e. The van der Waals surface area contributed by atoms with Gasteiger partial charge in [-0.1, -0.05) is 24.3 Å². The van der Waals surface area contributed by atoms with Gasteiger partial charge in [0.1, 0.15) is 10.7 Å². The monoisotopic (exact) mass is 389 g/mol. The summed E-state index contributed by atoms with van der Waals surface area (Å²) in [5.74, 6) is -0.301. The molecule has 8 heteroatoms. The maximum Gasteiger partial charge on any atom is 0.285 e. The van der Waals surface area contributed by atoms with Crippen LogP contribution in [0.3, 0.4) is 0 Å². The lowest BCUT2D eigenvalue weighted by Crippen LogP contribution is -2.40. The highest BCUT2D eigenvalue weighted by atomic mass is 32.2. The van der Waals surface area contributed by atoms with E-state index in [1.807, 2.05) is 6.92 Å². The fraction of sp³-hybridized carbons (Fsp3) is 0.263. The molecule has 1 aliphatic heterocycles. The van der Waals surface area contributed by atoms with Crippen molar-refractivity contribution in [2.24, 2.45) is 4.40 Å². The van der Waals surface area contributed by atoms with Crippen molar-refractivity contribution in [2.75, 3.05) is 20.1 Å². The number of nitrogens with zero attached hydrogens (tertiary/aromatic N) is 3. The number of fused-ring (bicyclic) bond motifs is 1. The Hall–Kier alpha value is -2.74. The van der Waals surface area contributed by atoms with Gasteiger partial charge in [-0.15, -0.1) is 4.40 Å². The lowest BCUT2D eigenvalue weighted by atomic mass is 10.2. The van der Waals surface area contributed by atoms with Crippen molar-refractivity contribution in [1.82, 2.24) is 9.80 Å². The molecule has 0 fully saturated rings. The van der Waals surface area contributed by atoms with Gasteiger partial charge in [0.2, 0.25) is 5.91 Å². The molecule has 3 rings (SSSR count). The van der Waals surface area contributed by atoms with Crippen molar-refractivity contribution >= 4 is 21.8 Å². The summed E-state index contributed by atoms with van der Waals surface area (Å²) >= 11 is 0. The molecule has 0 radical (unpaired) electrons. The summed E-state index contributed by atoms with van der Waals surface area (Å²) in [6.45, 7) is 2.53. The molecule has 1 heterocycles. The van der Waals surface area contributed by atoms with Crippen molar-refractivity contribution < 1.29 is 17.6 Å². The third-order valence-electron chi connectivity index (χ3n) is 4.34. The van der Waals surface area contributed by atoms with Gasteiger partial charge >= 0.3 is 0 Å². The van der Waals surface area contributed by atoms with E-state index < -0.39 is 10.0 Å². The van der Waals surface area contributed by atoms with Gasteiger partial charge in [0.25, 0.3) is 10.0 Å². The van der Waals surface area contributed by atoms with Crippen LogP contribution in [0.25, 0.3) is 0 Å². The zero-order valence-electron chi connectivity index (χ0n) is 15.1. The molecule has 1 amide bonds. The molecule has 2 aromatic carbocycles. The second-order valence-corrected chi connectivity index (χ2v) is 7.85. The topological polar surface area (TPSA) is 70.1 Å². The minimum atomic E-state index is -3.73. The van der Waals surface area contributed by atoms with Crippen LogP contribution in [-0.4, -0.2) is 50.1 Å². The number of hydrogen-bond acceptors (Lipinski definition) is 4. The van der Waals surface area contributed by atoms with E-state index in [0.29, 0.717) is 17.7 Å². The number of amides is 1. The maximum atomic E-state index is 13.4. The van der Waals surface area contributed by atoms with E-state index in [4.69, 9.17) is 0 Å². The summed E-state index contributed by atoms with van der Waals surface area (Å²) in [5.41, 5.74) is 1.18. The molecule has 0 bridgehead atoms. The zero-order valence-corrected chi connectivity index (χ0v) is 15.9. The normalized spacial score (nSPS) is 14.4. The van der Waals surface area contributed by atoms with E-state index in [0.717, 1.165) is 0 Å². The molecule has 0 aliphatic carbocycles. The number of carbonyl (C=O) groups is 1. The van der Waals surface area contributed by atoms with Crippen LogP contribution in [0.15, 0.2) is 57.8 Å². The third kappa shape index (κ3) is 4.00. The Labute approximate surface area is 158 Å². The van der Waals surface area contributed by atoms with Crippen LogP contribution in [0, 0.1) is 5.82 Å². The third-order valence-corrected chi connectivity index (χ3v) is 5.67. The van der Waals surface area contributed by atoms with Gasteiger partial charge in [0.05, 0.1) is 6.54 Å². The Kier molecular flexibility index (Phi) is 5.27. The molecular formula is C19H20FN3O3S. The Morgan fingerprint density at radius 3 is 2.59 bits per heavy atom. The molecule has 2 aromatic rings. The van der Waals surface area contributed by atoms with Gasteiger partial charge < -0.3 is 9.80 Å². The first kappa shape index (κ1) is 19.0. The summed E-state index contributed by atoms with van der Waals surface area (Å²) in [6, 6.07) is 12.6. The van der Waals surface area contributed by atoms with Crippen LogP contribution < -0.4 is 0 Å². The predicted molar refractivity (Wildman–Crippen MR) is 100 cm³/mol. The van der Waals surface area contributed by atoms with E-state index in [9.17, 15) is 17.6 Å². The minimum absolute atomic E-state index is 0.0359. The van der Waals surface area contributed by atoms with Gasteiger partial charge in [0.15, 0.2) is 5.84 Å². The Bertz CT molecular complexity index is 1000. The molecule has 0 saturated heterocycles. The van der Waals surface area contributed by atoms with Gasteiger partial charge in [-0.2, -0.15) is 8.42 Å². The molecule has 0 atom stereocenters. The van der Waals surface area contributed by atoms with Crippen molar-refractivity contribution in [2.45, 2.75) is 18.4 Å². The number of rotatable bonds is 5. The van der Waals surface area contributed by atoms with Gasteiger partial charge in [0, 0.05) is 25.7 Å². The summed E-state index contributed by atoms with van der Waals surface area (Å²) in [7, 11) is -2.11. The molecule has 6 nitrogen and oxygen atoms in total. The summed E-state index contributed by atoms with van der Waals surface area (Å²) < 4.78 is 41.5. The lowest BCUT2D eigenvalue weighted by molar-refractivity contribution is -0.131. The first-order valence-corrected chi connectivity index (χ1v) is 9.93. The number of benzene rings is 2. The lowest BCUT2D eigenvalue weighted by Gasteiger charge is -2.25. The smallest absolute Gasteiger partial charge is 0.285 e. The predicted octanol–water partition coefficient (Wildman–Crippen LogP) is 2.26. The van der Waals surface area contributed by atoms with E-state index in [2.05, 4.69) is 4.40 Å². The number of hydrogen-bond donors (Lipinski definition) is 0. The summed E-state index contributed by atoms with van der Waals surface area (Å²) in [4.78, 5) is 15.9. The standard InChI is InChI=1S/C19H20FN3O3S/c1-3-23(12-14-7-6-8-15(20)11-14)18(24)13-22(2)19-16-9-4-5-10-17(16)27(25,26)21-19/h4-11H,3,12-13H2,1-2H3. The van der Waals surface area contributed by atoms with Crippen molar-refractivity contribution in [3.63, 3.8) is 0 Å². The molecule has 142 valence electrons. The van der Waals surface area contributed by atoms with Gasteiger partial charge in [-0.25, -0.2) is 4.39 Å². The molecule has 0 aromatic heterocycles. The average molecular weight is 389 g/mol. The van der Waals surface area contributed by atoms with E-state index >= 15 is 0 Å². The number of halogens is 1.